The van der Waals surface area contributed by atoms with Gasteiger partial charge in [-0.1, -0.05) is 15.9 Å². The largest absolute Gasteiger partial charge is 0.494 e. The van der Waals surface area contributed by atoms with Gasteiger partial charge in [0.25, 0.3) is 11.8 Å². The van der Waals surface area contributed by atoms with Crippen LogP contribution < -0.4 is 25.0 Å². The van der Waals surface area contributed by atoms with Crippen molar-refractivity contribution in [2.45, 2.75) is 13.8 Å². The molecule has 9 nitrogen and oxygen atoms in total. The number of nitrogens with one attached hydrogen (secondary N) is 2. The Bertz CT molecular complexity index is 1260. The van der Waals surface area contributed by atoms with Gasteiger partial charge in [0.15, 0.2) is 0 Å². The number of benzene rings is 3. The Morgan fingerprint density at radius 1 is 0.865 bits per heavy atom. The summed E-state index contributed by atoms with van der Waals surface area (Å²) in [6.45, 7) is 4.52. The van der Waals surface area contributed by atoms with Crippen LogP contribution in [0.5, 0.6) is 17.2 Å². The third-order valence-electron chi connectivity index (χ3n) is 4.81. The van der Waals surface area contributed by atoms with Gasteiger partial charge in [0, 0.05) is 15.6 Å². The molecule has 0 radical (unpaired) electrons. The fourth-order valence-corrected chi connectivity index (χ4v) is 3.45. The van der Waals surface area contributed by atoms with Crippen LogP contribution in [0.2, 0.25) is 0 Å². The van der Waals surface area contributed by atoms with E-state index in [9.17, 15) is 14.4 Å². The number of carbonyl (C=O) groups excluding carboxylic acids is 3. The van der Waals surface area contributed by atoms with Gasteiger partial charge in [-0.05, 0) is 80.6 Å². The van der Waals surface area contributed by atoms with Crippen molar-refractivity contribution in [2.75, 3.05) is 19.8 Å². The number of hydrogen-bond donors (Lipinski definition) is 2. The maximum absolute atomic E-state index is 12.6. The lowest BCUT2D eigenvalue weighted by molar-refractivity contribution is -0.120. The highest BCUT2D eigenvalue weighted by Crippen LogP contribution is 2.23. The van der Waals surface area contributed by atoms with E-state index < -0.39 is 17.8 Å². The molecule has 0 aliphatic heterocycles. The van der Waals surface area contributed by atoms with Crippen molar-refractivity contribution in [3.05, 3.63) is 87.9 Å². The van der Waals surface area contributed by atoms with E-state index in [1.54, 1.807) is 66.7 Å². The third-order valence-corrected chi connectivity index (χ3v) is 5.30. The molecule has 0 spiro atoms. The smallest absolute Gasteiger partial charge is 0.343 e. The molecule has 0 heterocycles. The SMILES string of the molecule is CCOc1ccc(C(=O)NCC(=O)NN=Cc2cc(Br)ccc2OC(=O)c2ccc(OCC)cc2)cc1. The van der Waals surface area contributed by atoms with Gasteiger partial charge < -0.3 is 19.5 Å². The third kappa shape index (κ3) is 8.46. The molecule has 192 valence electrons. The van der Waals surface area contributed by atoms with E-state index in [4.69, 9.17) is 14.2 Å². The van der Waals surface area contributed by atoms with E-state index >= 15 is 0 Å². The summed E-state index contributed by atoms with van der Waals surface area (Å²) in [5.41, 5.74) is 3.54. The zero-order chi connectivity index (χ0) is 26.6. The van der Waals surface area contributed by atoms with Crippen LogP contribution in [0, 0.1) is 0 Å². The fourth-order valence-electron chi connectivity index (χ4n) is 3.07. The summed E-state index contributed by atoms with van der Waals surface area (Å²) < 4.78 is 17.0. The first-order valence-electron chi connectivity index (χ1n) is 11.5. The Labute approximate surface area is 222 Å². The van der Waals surface area contributed by atoms with Gasteiger partial charge in [0.1, 0.15) is 17.2 Å². The second-order valence-corrected chi connectivity index (χ2v) is 8.38. The summed E-state index contributed by atoms with van der Waals surface area (Å²) in [6, 6.07) is 18.2. The van der Waals surface area contributed by atoms with Gasteiger partial charge in [0.05, 0.1) is 31.5 Å². The van der Waals surface area contributed by atoms with E-state index in [1.165, 1.54) is 6.21 Å². The number of rotatable bonds is 11. The predicted octanol–water partition coefficient (Wildman–Crippen LogP) is 4.35. The maximum atomic E-state index is 12.6. The summed E-state index contributed by atoms with van der Waals surface area (Å²) in [4.78, 5) is 37.0. The first-order chi connectivity index (χ1) is 17.9. The molecule has 0 bridgehead atoms. The Morgan fingerprint density at radius 2 is 1.46 bits per heavy atom. The van der Waals surface area contributed by atoms with Crippen LogP contribution in [0.1, 0.15) is 40.1 Å². The number of amides is 2. The lowest BCUT2D eigenvalue weighted by Gasteiger charge is -2.09. The van der Waals surface area contributed by atoms with Crippen LogP contribution in [0.25, 0.3) is 0 Å². The van der Waals surface area contributed by atoms with Gasteiger partial charge >= 0.3 is 5.97 Å². The van der Waals surface area contributed by atoms with Crippen molar-refractivity contribution in [3.8, 4) is 17.2 Å². The average Bonchev–Trinajstić information content (AvgIpc) is 2.90. The monoisotopic (exact) mass is 567 g/mol. The van der Waals surface area contributed by atoms with Gasteiger partial charge in [-0.15, -0.1) is 0 Å². The van der Waals surface area contributed by atoms with Crippen LogP contribution in [0.3, 0.4) is 0 Å². The number of carbonyl (C=O) groups is 3. The van der Waals surface area contributed by atoms with Crippen LogP contribution in [0.15, 0.2) is 76.3 Å². The van der Waals surface area contributed by atoms with Gasteiger partial charge in [-0.2, -0.15) is 5.10 Å². The minimum Gasteiger partial charge on any atom is -0.494 e. The van der Waals surface area contributed by atoms with E-state index in [0.717, 1.165) is 4.47 Å². The van der Waals surface area contributed by atoms with Gasteiger partial charge in [-0.3, -0.25) is 9.59 Å². The number of halogens is 1. The van der Waals surface area contributed by atoms with Crippen molar-refractivity contribution < 1.29 is 28.6 Å². The zero-order valence-electron chi connectivity index (χ0n) is 20.3. The number of ether oxygens (including phenoxy) is 3. The number of nitrogens with zero attached hydrogens (tertiary/aromatic N) is 1. The van der Waals surface area contributed by atoms with E-state index in [0.29, 0.717) is 41.4 Å². The average molecular weight is 568 g/mol. The molecule has 3 aromatic carbocycles. The lowest BCUT2D eigenvalue weighted by Crippen LogP contribution is -2.34. The minimum absolute atomic E-state index is 0.254. The minimum atomic E-state index is -0.555. The molecule has 0 unspecified atom stereocenters. The van der Waals surface area contributed by atoms with E-state index in [1.807, 2.05) is 13.8 Å². The normalized spacial score (nSPS) is 10.6. The molecule has 2 amide bonds. The van der Waals surface area contributed by atoms with Crippen molar-refractivity contribution >= 4 is 39.9 Å². The molecule has 0 atom stereocenters. The van der Waals surface area contributed by atoms with E-state index in [2.05, 4.69) is 31.8 Å². The first kappa shape index (κ1) is 27.4. The molecule has 37 heavy (non-hydrogen) atoms. The molecule has 0 saturated heterocycles. The molecule has 0 fully saturated rings. The summed E-state index contributed by atoms with van der Waals surface area (Å²) in [5.74, 6) is 0.0752. The van der Waals surface area contributed by atoms with Crippen LogP contribution in [-0.4, -0.2) is 43.8 Å². The van der Waals surface area contributed by atoms with Crippen LogP contribution in [0.4, 0.5) is 0 Å². The number of esters is 1. The van der Waals surface area contributed by atoms with Crippen LogP contribution >= 0.6 is 15.9 Å². The Balaban J connectivity index is 1.55. The lowest BCUT2D eigenvalue weighted by atomic mass is 10.2. The molecule has 3 rings (SSSR count). The molecule has 0 aromatic heterocycles. The molecule has 0 saturated carbocycles. The highest BCUT2D eigenvalue weighted by Gasteiger charge is 2.12. The van der Waals surface area contributed by atoms with Crippen molar-refractivity contribution in [1.82, 2.24) is 10.7 Å². The quantitative estimate of drug-likeness (QED) is 0.154. The molecule has 10 heteroatoms. The van der Waals surface area contributed by atoms with Crippen molar-refractivity contribution in [1.29, 1.82) is 0 Å². The Morgan fingerprint density at radius 3 is 2.05 bits per heavy atom. The zero-order valence-corrected chi connectivity index (χ0v) is 21.9. The second kappa shape index (κ2) is 13.8. The second-order valence-electron chi connectivity index (χ2n) is 7.46. The summed E-state index contributed by atoms with van der Waals surface area (Å²) in [6.07, 6.45) is 1.34. The standard InChI is InChI=1S/C27H26BrN3O6/c1-3-35-22-10-5-18(6-11-22)26(33)29-17-25(32)31-30-16-20-15-21(28)9-14-24(20)37-27(34)19-7-12-23(13-8-19)36-4-2/h5-16H,3-4,17H2,1-2H3,(H,29,33)(H,31,32). The summed E-state index contributed by atoms with van der Waals surface area (Å²) in [7, 11) is 0. The van der Waals surface area contributed by atoms with Crippen LogP contribution in [-0.2, 0) is 4.79 Å². The summed E-state index contributed by atoms with van der Waals surface area (Å²) >= 11 is 3.37. The maximum Gasteiger partial charge on any atom is 0.343 e. The van der Waals surface area contributed by atoms with Crippen molar-refractivity contribution in [2.24, 2.45) is 5.10 Å². The highest BCUT2D eigenvalue weighted by atomic mass is 79.9. The molecular formula is C27H26BrN3O6. The van der Waals surface area contributed by atoms with Gasteiger partial charge in [0.2, 0.25) is 0 Å². The molecule has 3 aromatic rings. The molecule has 2 N–H and O–H groups in total. The highest BCUT2D eigenvalue weighted by molar-refractivity contribution is 9.10. The Hall–Kier alpha value is -4.18. The predicted molar refractivity (Wildman–Crippen MR) is 142 cm³/mol. The summed E-state index contributed by atoms with van der Waals surface area (Å²) in [5, 5.41) is 6.44. The van der Waals surface area contributed by atoms with Gasteiger partial charge in [-0.25, -0.2) is 10.2 Å². The molecular weight excluding hydrogens is 542 g/mol. The topological polar surface area (TPSA) is 115 Å². The fraction of sp³-hybridized carbons (Fsp3) is 0.185. The number of hydrogen-bond acceptors (Lipinski definition) is 7. The molecule has 0 aliphatic rings. The molecule has 0 aliphatic carbocycles. The number of hydrazone groups is 1. The Kier molecular flexibility index (Phi) is 10.2. The first-order valence-corrected chi connectivity index (χ1v) is 12.3. The van der Waals surface area contributed by atoms with Crippen molar-refractivity contribution in [3.63, 3.8) is 0 Å². The van der Waals surface area contributed by atoms with E-state index in [-0.39, 0.29) is 12.3 Å².